The van der Waals surface area contributed by atoms with Crippen LogP contribution in [0.2, 0.25) is 0 Å². The number of rotatable bonds is 6. The molecular formula is C22H24N3O3+. The largest absolute Gasteiger partial charge is 0.463 e. The van der Waals surface area contributed by atoms with Crippen LogP contribution >= 0.6 is 0 Å². The van der Waals surface area contributed by atoms with Crippen molar-refractivity contribution >= 4 is 17.6 Å². The number of carbonyl (C=O) groups is 2. The average Bonchev–Trinajstić information content (AvgIpc) is 2.74. The van der Waals surface area contributed by atoms with E-state index in [4.69, 9.17) is 0 Å². The van der Waals surface area contributed by atoms with Crippen LogP contribution in [0.25, 0.3) is 4.95 Å². The minimum atomic E-state index is -0.705. The van der Waals surface area contributed by atoms with Crippen LogP contribution in [-0.4, -0.2) is 30.4 Å². The summed E-state index contributed by atoms with van der Waals surface area (Å²) in [6.07, 6.45) is 3.86. The van der Waals surface area contributed by atoms with Crippen molar-refractivity contribution in [2.75, 3.05) is 19.1 Å². The molecule has 1 N–H and O–H groups in total. The van der Waals surface area contributed by atoms with Crippen LogP contribution in [-0.2, 0) is 9.53 Å². The molecule has 0 radical (unpaired) electrons. The monoisotopic (exact) mass is 378 g/mol. The lowest BCUT2D eigenvalue weighted by molar-refractivity contribution is -0.133. The fraction of sp³-hybridized carbons (Fsp3) is 0.227. The lowest BCUT2D eigenvalue weighted by atomic mass is 10.0. The van der Waals surface area contributed by atoms with Gasteiger partial charge in [-0.2, -0.15) is 0 Å². The molecule has 0 aliphatic heterocycles. The summed E-state index contributed by atoms with van der Waals surface area (Å²) in [4.78, 5) is 30.0. The number of nitrogens with zero attached hydrogens (tertiary/aromatic N) is 2. The molecule has 6 nitrogen and oxygen atoms in total. The van der Waals surface area contributed by atoms with Crippen molar-refractivity contribution in [3.05, 3.63) is 82.8 Å². The van der Waals surface area contributed by atoms with Crippen LogP contribution in [0.3, 0.4) is 0 Å². The van der Waals surface area contributed by atoms with Gasteiger partial charge >= 0.3 is 12.0 Å². The van der Waals surface area contributed by atoms with Crippen molar-refractivity contribution in [2.24, 2.45) is 0 Å². The molecule has 0 bridgehead atoms. The molecule has 0 heterocycles. The Bertz CT molecular complexity index is 898. The number of esters is 1. The molecule has 0 aliphatic rings. The normalized spacial score (nSPS) is 11.2. The Hall–Kier alpha value is -3.59. The first-order valence-electron chi connectivity index (χ1n) is 8.94. The summed E-state index contributed by atoms with van der Waals surface area (Å²) in [5.41, 5.74) is 4.67. The van der Waals surface area contributed by atoms with Crippen molar-refractivity contribution in [1.29, 1.82) is 0 Å². The Kier molecular flexibility index (Phi) is 7.79. The first kappa shape index (κ1) is 20.7. The number of carbonyl (C=O) groups excluding carboxylic acids is 2. The Morgan fingerprint density at radius 1 is 1.18 bits per heavy atom. The highest BCUT2D eigenvalue weighted by atomic mass is 16.5. The van der Waals surface area contributed by atoms with Crippen LogP contribution in [0.5, 0.6) is 0 Å². The molecule has 0 aromatic heterocycles. The molecule has 28 heavy (non-hydrogen) atoms. The van der Waals surface area contributed by atoms with E-state index in [1.165, 1.54) is 7.11 Å². The molecule has 6 heteroatoms. The molecule has 2 rings (SSSR count). The van der Waals surface area contributed by atoms with Crippen LogP contribution in [0, 0.1) is 6.07 Å². The number of anilines is 1. The zero-order valence-corrected chi connectivity index (χ0v) is 16.3. The molecular weight excluding hydrogens is 354 g/mol. The Balaban J connectivity index is 2.33. The third-order valence-electron chi connectivity index (χ3n) is 4.21. The third-order valence-corrected chi connectivity index (χ3v) is 4.21. The SMILES string of the molecule is C/C=C/CN(C(=O)c1ccccc1N[N+]#CC(=O)OC)[C@@H](C)c1ccccc1. The Labute approximate surface area is 165 Å². The minimum absolute atomic E-state index is 0.122. The van der Waals surface area contributed by atoms with E-state index in [0.717, 1.165) is 5.56 Å². The van der Waals surface area contributed by atoms with E-state index >= 15 is 0 Å². The fourth-order valence-electron chi connectivity index (χ4n) is 2.65. The second kappa shape index (κ2) is 10.5. The van der Waals surface area contributed by atoms with Crippen LogP contribution in [0.1, 0.15) is 35.8 Å². The number of nitrogens with one attached hydrogen (secondary N) is 1. The molecule has 0 fully saturated rings. The topological polar surface area (TPSA) is 63.0 Å². The van der Waals surface area contributed by atoms with E-state index in [0.29, 0.717) is 17.8 Å². The minimum Gasteiger partial charge on any atom is -0.455 e. The molecule has 1 amide bonds. The van der Waals surface area contributed by atoms with Crippen LogP contribution < -0.4 is 5.43 Å². The third kappa shape index (κ3) is 5.45. The second-order valence-electron chi connectivity index (χ2n) is 5.99. The summed E-state index contributed by atoms with van der Waals surface area (Å²) in [6.45, 7) is 4.38. The summed E-state index contributed by atoms with van der Waals surface area (Å²) in [5.74, 6) is -0.852. The average molecular weight is 378 g/mol. The van der Waals surface area contributed by atoms with Gasteiger partial charge in [0.1, 0.15) is 5.69 Å². The van der Waals surface area contributed by atoms with Gasteiger partial charge in [0.15, 0.2) is 0 Å². The Morgan fingerprint density at radius 2 is 1.86 bits per heavy atom. The van der Waals surface area contributed by atoms with E-state index in [9.17, 15) is 9.59 Å². The van der Waals surface area contributed by atoms with Crippen molar-refractivity contribution < 1.29 is 14.3 Å². The fourth-order valence-corrected chi connectivity index (χ4v) is 2.65. The van der Waals surface area contributed by atoms with E-state index in [-0.39, 0.29) is 11.9 Å². The molecule has 144 valence electrons. The van der Waals surface area contributed by atoms with Gasteiger partial charge in [0.25, 0.3) is 5.91 Å². The van der Waals surface area contributed by atoms with E-state index in [1.807, 2.05) is 56.3 Å². The van der Waals surface area contributed by atoms with Crippen LogP contribution in [0.15, 0.2) is 66.7 Å². The van der Waals surface area contributed by atoms with E-state index in [2.05, 4.69) is 21.2 Å². The van der Waals surface area contributed by atoms with Crippen molar-refractivity contribution in [1.82, 2.24) is 4.90 Å². The van der Waals surface area contributed by atoms with Gasteiger partial charge in [-0.05, 0) is 37.0 Å². The zero-order chi connectivity index (χ0) is 20.4. The summed E-state index contributed by atoms with van der Waals surface area (Å²) in [6, 6.07) is 18.9. The molecule has 0 saturated carbocycles. The second-order valence-corrected chi connectivity index (χ2v) is 5.99. The predicted octanol–water partition coefficient (Wildman–Crippen LogP) is 4.30. The summed E-state index contributed by atoms with van der Waals surface area (Å²) < 4.78 is 4.46. The van der Waals surface area contributed by atoms with Crippen molar-refractivity contribution in [3.63, 3.8) is 0 Å². The standard InChI is InChI=1S/C22H23N3O3/c1-4-5-15-25(17(2)18-11-7-6-8-12-18)22(27)19-13-9-10-14-20(19)24-23-16-21(26)28-3/h4-14,17H,15H2,1-3H3/p+1/b5-4+/t17-/m0/s1. The molecule has 0 aliphatic carbocycles. The number of ether oxygens (including phenoxy) is 1. The highest BCUT2D eigenvalue weighted by Gasteiger charge is 2.24. The maximum absolute atomic E-state index is 13.3. The first-order chi connectivity index (χ1) is 13.6. The van der Waals surface area contributed by atoms with E-state index in [1.54, 1.807) is 29.2 Å². The summed E-state index contributed by atoms with van der Waals surface area (Å²) in [7, 11) is 1.24. The predicted molar refractivity (Wildman–Crippen MR) is 110 cm³/mol. The van der Waals surface area contributed by atoms with Crippen molar-refractivity contribution in [3.8, 4) is 6.07 Å². The molecule has 0 unspecified atom stereocenters. The highest BCUT2D eigenvalue weighted by Crippen LogP contribution is 2.25. The van der Waals surface area contributed by atoms with Crippen LogP contribution in [0.4, 0.5) is 5.69 Å². The number of hydrogen-bond acceptors (Lipinski definition) is 4. The summed E-state index contributed by atoms with van der Waals surface area (Å²) >= 11 is 0. The van der Waals surface area contributed by atoms with Gasteiger partial charge in [-0.3, -0.25) is 4.79 Å². The highest BCUT2D eigenvalue weighted by molar-refractivity contribution is 6.00. The zero-order valence-electron chi connectivity index (χ0n) is 16.3. The van der Waals surface area contributed by atoms with Gasteiger partial charge < -0.3 is 9.64 Å². The number of allylic oxidation sites excluding steroid dienone is 1. The maximum Gasteiger partial charge on any atom is 0.463 e. The first-order valence-corrected chi connectivity index (χ1v) is 8.94. The number of para-hydroxylation sites is 1. The lowest BCUT2D eigenvalue weighted by Crippen LogP contribution is -2.34. The van der Waals surface area contributed by atoms with Gasteiger partial charge in [-0.25, -0.2) is 4.79 Å². The quantitative estimate of drug-likeness (QED) is 0.352. The number of hydrogen-bond donors (Lipinski definition) is 1. The number of benzene rings is 2. The van der Waals surface area contributed by atoms with Gasteiger partial charge in [0, 0.05) is 6.54 Å². The molecule has 0 saturated heterocycles. The van der Waals surface area contributed by atoms with Gasteiger partial charge in [0.05, 0.1) is 23.7 Å². The van der Waals surface area contributed by atoms with E-state index < -0.39 is 5.97 Å². The molecule has 2 aromatic rings. The maximum atomic E-state index is 13.3. The molecule has 0 spiro atoms. The number of methoxy groups -OCH3 is 1. The lowest BCUT2D eigenvalue weighted by Gasteiger charge is -2.29. The Morgan fingerprint density at radius 3 is 2.54 bits per heavy atom. The number of amides is 1. The van der Waals surface area contributed by atoms with Gasteiger partial charge in [-0.15, -0.1) is 0 Å². The van der Waals surface area contributed by atoms with Crippen molar-refractivity contribution in [2.45, 2.75) is 19.9 Å². The molecule has 2 aromatic carbocycles. The smallest absolute Gasteiger partial charge is 0.455 e. The summed E-state index contributed by atoms with van der Waals surface area (Å²) in [5, 5.41) is 0. The van der Waals surface area contributed by atoms with Gasteiger partial charge in [0.2, 0.25) is 0 Å². The molecule has 1 atom stereocenters. The van der Waals surface area contributed by atoms with Gasteiger partial charge in [-0.1, -0.05) is 54.6 Å².